The quantitative estimate of drug-likeness (QED) is 0.292. The Morgan fingerprint density at radius 1 is 1.19 bits per heavy atom. The third-order valence-corrected chi connectivity index (χ3v) is 4.61. The molecule has 0 radical (unpaired) electrons. The first-order valence-corrected chi connectivity index (χ1v) is 10.5. The van der Waals surface area contributed by atoms with E-state index >= 15 is 0 Å². The number of rotatable bonds is 9. The number of carbonyl (C=O) groups excluding carboxylic acids is 2. The fourth-order valence-electron chi connectivity index (χ4n) is 2.48. The van der Waals surface area contributed by atoms with Gasteiger partial charge in [-0.3, -0.25) is 4.79 Å². The first-order chi connectivity index (χ1) is 14.9. The molecule has 7 nitrogen and oxygen atoms in total. The highest BCUT2D eigenvalue weighted by Gasteiger charge is 2.14. The minimum absolute atomic E-state index is 0.120. The van der Waals surface area contributed by atoms with Gasteiger partial charge in [-0.15, -0.1) is 0 Å². The molecule has 0 heterocycles. The van der Waals surface area contributed by atoms with Crippen LogP contribution in [0.5, 0.6) is 11.5 Å². The van der Waals surface area contributed by atoms with Gasteiger partial charge >= 0.3 is 5.97 Å². The van der Waals surface area contributed by atoms with E-state index in [1.165, 1.54) is 12.1 Å². The van der Waals surface area contributed by atoms with Gasteiger partial charge in [-0.1, -0.05) is 17.7 Å². The lowest BCUT2D eigenvalue weighted by Crippen LogP contribution is -2.15. The zero-order valence-electron chi connectivity index (χ0n) is 16.9. The number of nitrogens with one attached hydrogen (secondary N) is 1. The van der Waals surface area contributed by atoms with Crippen LogP contribution in [0.25, 0.3) is 6.08 Å². The van der Waals surface area contributed by atoms with Gasteiger partial charge in [0, 0.05) is 11.8 Å². The molecule has 9 heteroatoms. The van der Waals surface area contributed by atoms with Crippen molar-refractivity contribution < 1.29 is 23.8 Å². The third-order valence-electron chi connectivity index (χ3n) is 3.74. The summed E-state index contributed by atoms with van der Waals surface area (Å²) in [5.41, 5.74) is 0.874. The van der Waals surface area contributed by atoms with Crippen molar-refractivity contribution >= 4 is 51.2 Å². The molecule has 31 heavy (non-hydrogen) atoms. The number of halogens is 2. The van der Waals surface area contributed by atoms with Gasteiger partial charge in [0.1, 0.15) is 17.4 Å². The standard InChI is InChI=1S/C22H20BrClN2O5/c1-3-29-17-7-5-6-16(11-17)26-22(28)15(12-25)8-14-9-18(23)21(19(24)10-14)31-13-20(27)30-4-2/h5-11H,3-4,13H2,1-2H3,(H,26,28)/b15-8-. The van der Waals surface area contributed by atoms with Gasteiger partial charge in [0.2, 0.25) is 0 Å². The van der Waals surface area contributed by atoms with Crippen LogP contribution < -0.4 is 14.8 Å². The van der Waals surface area contributed by atoms with E-state index in [1.807, 2.05) is 13.0 Å². The smallest absolute Gasteiger partial charge is 0.344 e. The second kappa shape index (κ2) is 12.0. The third kappa shape index (κ3) is 7.31. The van der Waals surface area contributed by atoms with Crippen LogP contribution >= 0.6 is 27.5 Å². The van der Waals surface area contributed by atoms with Crippen molar-refractivity contribution in [1.29, 1.82) is 5.26 Å². The zero-order chi connectivity index (χ0) is 22.8. The molecule has 0 aliphatic carbocycles. The lowest BCUT2D eigenvalue weighted by Gasteiger charge is -2.11. The van der Waals surface area contributed by atoms with Gasteiger partial charge in [0.25, 0.3) is 5.91 Å². The van der Waals surface area contributed by atoms with Crippen molar-refractivity contribution in [2.45, 2.75) is 13.8 Å². The number of amides is 1. The van der Waals surface area contributed by atoms with Crippen LogP contribution in [0.3, 0.4) is 0 Å². The van der Waals surface area contributed by atoms with E-state index in [1.54, 1.807) is 37.3 Å². The van der Waals surface area contributed by atoms with Crippen molar-refractivity contribution in [3.05, 3.63) is 57.0 Å². The molecule has 2 rings (SSSR count). The highest BCUT2D eigenvalue weighted by Crippen LogP contribution is 2.35. The SMILES string of the molecule is CCOC(=O)COc1c(Cl)cc(/C=C(/C#N)C(=O)Nc2cccc(OCC)c2)cc1Br. The largest absolute Gasteiger partial charge is 0.494 e. The van der Waals surface area contributed by atoms with Crippen molar-refractivity contribution in [3.8, 4) is 17.6 Å². The summed E-state index contributed by atoms with van der Waals surface area (Å²) >= 11 is 9.57. The molecule has 1 amide bonds. The summed E-state index contributed by atoms with van der Waals surface area (Å²) in [5.74, 6) is -0.239. The highest BCUT2D eigenvalue weighted by atomic mass is 79.9. The first-order valence-electron chi connectivity index (χ1n) is 9.31. The predicted molar refractivity (Wildman–Crippen MR) is 121 cm³/mol. The minimum atomic E-state index is -0.578. The van der Waals surface area contributed by atoms with Crippen LogP contribution in [-0.2, 0) is 14.3 Å². The van der Waals surface area contributed by atoms with E-state index in [9.17, 15) is 14.9 Å². The summed E-state index contributed by atoms with van der Waals surface area (Å²) in [6.07, 6.45) is 1.40. The molecule has 0 saturated heterocycles. The summed E-state index contributed by atoms with van der Waals surface area (Å²) in [7, 11) is 0. The molecule has 162 valence electrons. The molecule has 0 aliphatic heterocycles. The summed E-state index contributed by atoms with van der Waals surface area (Å²) in [6, 6.07) is 11.9. The maximum Gasteiger partial charge on any atom is 0.344 e. The number of carbonyl (C=O) groups is 2. The van der Waals surface area contributed by atoms with Gasteiger partial charge in [-0.05, 0) is 65.7 Å². The number of hydrogen-bond acceptors (Lipinski definition) is 6. The van der Waals surface area contributed by atoms with Crippen LogP contribution in [0.1, 0.15) is 19.4 Å². The predicted octanol–water partition coefficient (Wildman–Crippen LogP) is 4.99. The number of benzene rings is 2. The van der Waals surface area contributed by atoms with Crippen molar-refractivity contribution in [2.75, 3.05) is 25.1 Å². The molecule has 0 spiro atoms. The second-order valence-corrected chi connectivity index (χ2v) is 7.25. The summed E-state index contributed by atoms with van der Waals surface area (Å²) < 4.78 is 16.1. The fraction of sp³-hybridized carbons (Fsp3) is 0.227. The Hall–Kier alpha value is -3.02. The summed E-state index contributed by atoms with van der Waals surface area (Å²) in [6.45, 7) is 4.00. The number of hydrogen-bond donors (Lipinski definition) is 1. The summed E-state index contributed by atoms with van der Waals surface area (Å²) in [5, 5.41) is 12.3. The van der Waals surface area contributed by atoms with Crippen LogP contribution in [-0.4, -0.2) is 31.7 Å². The molecule has 0 aliphatic rings. The molecule has 0 fully saturated rings. The Bertz CT molecular complexity index is 1010. The number of ether oxygens (including phenoxy) is 3. The van der Waals surface area contributed by atoms with Crippen molar-refractivity contribution in [3.63, 3.8) is 0 Å². The van der Waals surface area contributed by atoms with Crippen molar-refractivity contribution in [2.24, 2.45) is 0 Å². The van der Waals surface area contributed by atoms with E-state index in [2.05, 4.69) is 21.2 Å². The molecule has 1 N–H and O–H groups in total. The lowest BCUT2D eigenvalue weighted by atomic mass is 10.1. The van der Waals surface area contributed by atoms with Gasteiger partial charge in [-0.2, -0.15) is 5.26 Å². The Morgan fingerprint density at radius 3 is 2.61 bits per heavy atom. The highest BCUT2D eigenvalue weighted by molar-refractivity contribution is 9.10. The molecule has 0 saturated carbocycles. The molecule has 2 aromatic carbocycles. The van der Waals surface area contributed by atoms with Gasteiger partial charge in [0.05, 0.1) is 22.7 Å². The number of anilines is 1. The van der Waals surface area contributed by atoms with E-state index in [-0.39, 0.29) is 29.6 Å². The van der Waals surface area contributed by atoms with Crippen LogP contribution in [0, 0.1) is 11.3 Å². The van der Waals surface area contributed by atoms with E-state index < -0.39 is 11.9 Å². The minimum Gasteiger partial charge on any atom is -0.494 e. The molecular formula is C22H20BrClN2O5. The van der Waals surface area contributed by atoms with Crippen LogP contribution in [0.15, 0.2) is 46.4 Å². The maximum absolute atomic E-state index is 12.5. The van der Waals surface area contributed by atoms with Crippen LogP contribution in [0.4, 0.5) is 5.69 Å². The molecule has 0 unspecified atom stereocenters. The number of nitriles is 1. The monoisotopic (exact) mass is 506 g/mol. The van der Waals surface area contributed by atoms with E-state index in [0.29, 0.717) is 28.1 Å². The molecule has 2 aromatic rings. The van der Waals surface area contributed by atoms with E-state index in [4.69, 9.17) is 25.8 Å². The molecule has 0 bridgehead atoms. The van der Waals surface area contributed by atoms with E-state index in [0.717, 1.165) is 0 Å². The van der Waals surface area contributed by atoms with Gasteiger partial charge < -0.3 is 19.5 Å². The average molecular weight is 508 g/mol. The Kier molecular flexibility index (Phi) is 9.38. The van der Waals surface area contributed by atoms with Gasteiger partial charge in [-0.25, -0.2) is 4.79 Å². The molecule has 0 atom stereocenters. The number of esters is 1. The second-order valence-electron chi connectivity index (χ2n) is 5.99. The first kappa shape index (κ1) is 24.3. The van der Waals surface area contributed by atoms with Gasteiger partial charge in [0.15, 0.2) is 12.4 Å². The Balaban J connectivity index is 2.18. The Morgan fingerprint density at radius 2 is 1.97 bits per heavy atom. The normalized spacial score (nSPS) is 10.7. The number of nitrogens with zero attached hydrogens (tertiary/aromatic N) is 1. The van der Waals surface area contributed by atoms with Crippen LogP contribution in [0.2, 0.25) is 5.02 Å². The topological polar surface area (TPSA) is 97.7 Å². The zero-order valence-corrected chi connectivity index (χ0v) is 19.2. The summed E-state index contributed by atoms with van der Waals surface area (Å²) in [4.78, 5) is 24.0. The van der Waals surface area contributed by atoms with Crippen molar-refractivity contribution in [1.82, 2.24) is 0 Å². The Labute approximate surface area is 193 Å². The molecular weight excluding hydrogens is 488 g/mol. The lowest BCUT2D eigenvalue weighted by molar-refractivity contribution is -0.145. The fourth-order valence-corrected chi connectivity index (χ4v) is 3.47. The molecule has 0 aromatic heterocycles. The maximum atomic E-state index is 12.5. The average Bonchev–Trinajstić information content (AvgIpc) is 2.72.